The number of ketones is 1. The zero-order chi connectivity index (χ0) is 13.5. The van der Waals surface area contributed by atoms with Crippen molar-refractivity contribution < 1.29 is 19.1 Å². The number of Topliss-reactive ketones (excluding diaryl/α,β-unsaturated/α-hetero) is 1. The molecule has 6 heteroatoms. The molecule has 0 spiro atoms. The summed E-state index contributed by atoms with van der Waals surface area (Å²) in [6, 6.07) is 6.70. The van der Waals surface area contributed by atoms with Crippen LogP contribution in [-0.2, 0) is 25.5 Å². The SMILES string of the molecule is COC(=O)CNC(=O)C(=O)Cc1cccc(N)c1. The monoisotopic (exact) mass is 250 g/mol. The lowest BCUT2D eigenvalue weighted by Gasteiger charge is -2.04. The molecule has 0 heterocycles. The Labute approximate surface area is 104 Å². The Morgan fingerprint density at radius 2 is 2.06 bits per heavy atom. The molecule has 96 valence electrons. The van der Waals surface area contributed by atoms with Gasteiger partial charge in [0.25, 0.3) is 5.91 Å². The van der Waals surface area contributed by atoms with Gasteiger partial charge in [0.05, 0.1) is 7.11 Å². The number of nitrogens with one attached hydrogen (secondary N) is 1. The van der Waals surface area contributed by atoms with Gasteiger partial charge in [0.2, 0.25) is 5.78 Å². The van der Waals surface area contributed by atoms with E-state index in [2.05, 4.69) is 10.1 Å². The average molecular weight is 250 g/mol. The number of rotatable bonds is 5. The number of carbonyl (C=O) groups excluding carboxylic acids is 3. The topological polar surface area (TPSA) is 98.5 Å². The van der Waals surface area contributed by atoms with Crippen LogP contribution in [0.5, 0.6) is 0 Å². The summed E-state index contributed by atoms with van der Waals surface area (Å²) in [6.45, 7) is -0.321. The quantitative estimate of drug-likeness (QED) is 0.423. The van der Waals surface area contributed by atoms with Crippen molar-refractivity contribution in [2.75, 3.05) is 19.4 Å². The fraction of sp³-hybridized carbons (Fsp3) is 0.250. The molecular formula is C12H14N2O4. The molecule has 1 amide bonds. The summed E-state index contributed by atoms with van der Waals surface area (Å²) in [4.78, 5) is 33.6. The van der Waals surface area contributed by atoms with Gasteiger partial charge >= 0.3 is 5.97 Å². The summed E-state index contributed by atoms with van der Waals surface area (Å²) in [6.07, 6.45) is -0.0575. The standard InChI is InChI=1S/C12H14N2O4/c1-18-11(16)7-14-12(17)10(15)6-8-3-2-4-9(13)5-8/h2-5H,6-7,13H2,1H3,(H,14,17). The van der Waals surface area contributed by atoms with Gasteiger partial charge in [-0.05, 0) is 17.7 Å². The van der Waals surface area contributed by atoms with Crippen molar-refractivity contribution in [1.29, 1.82) is 0 Å². The van der Waals surface area contributed by atoms with E-state index in [1.165, 1.54) is 7.11 Å². The predicted octanol–water partition coefficient (Wildman–Crippen LogP) is -0.330. The highest BCUT2D eigenvalue weighted by atomic mass is 16.5. The molecule has 18 heavy (non-hydrogen) atoms. The van der Waals surface area contributed by atoms with Gasteiger partial charge in [-0.2, -0.15) is 0 Å². The highest BCUT2D eigenvalue weighted by molar-refractivity contribution is 6.36. The Hall–Kier alpha value is -2.37. The van der Waals surface area contributed by atoms with Crippen molar-refractivity contribution in [3.63, 3.8) is 0 Å². The van der Waals surface area contributed by atoms with Crippen molar-refractivity contribution in [2.24, 2.45) is 0 Å². The van der Waals surface area contributed by atoms with Crippen LogP contribution in [0.25, 0.3) is 0 Å². The van der Waals surface area contributed by atoms with E-state index in [-0.39, 0.29) is 13.0 Å². The molecule has 0 bridgehead atoms. The first-order chi connectivity index (χ1) is 8.52. The summed E-state index contributed by atoms with van der Waals surface area (Å²) < 4.78 is 4.33. The Balaban J connectivity index is 2.50. The minimum absolute atomic E-state index is 0.0575. The molecule has 0 aliphatic rings. The minimum Gasteiger partial charge on any atom is -0.468 e. The number of ether oxygens (including phenoxy) is 1. The molecule has 6 nitrogen and oxygen atoms in total. The fourth-order valence-corrected chi connectivity index (χ4v) is 1.29. The molecule has 0 aromatic heterocycles. The maximum absolute atomic E-state index is 11.5. The van der Waals surface area contributed by atoms with Gasteiger partial charge < -0.3 is 15.8 Å². The third kappa shape index (κ3) is 4.25. The van der Waals surface area contributed by atoms with Gasteiger partial charge in [-0.3, -0.25) is 14.4 Å². The predicted molar refractivity (Wildman–Crippen MR) is 64.6 cm³/mol. The van der Waals surface area contributed by atoms with Crippen molar-refractivity contribution in [3.8, 4) is 0 Å². The third-order valence-corrected chi connectivity index (χ3v) is 2.19. The maximum atomic E-state index is 11.5. The number of nitrogens with two attached hydrogens (primary N) is 1. The average Bonchev–Trinajstić information content (AvgIpc) is 2.35. The first-order valence-electron chi connectivity index (χ1n) is 5.25. The van der Waals surface area contributed by atoms with E-state index in [1.54, 1.807) is 24.3 Å². The van der Waals surface area contributed by atoms with Crippen LogP contribution in [0, 0.1) is 0 Å². The largest absolute Gasteiger partial charge is 0.468 e. The number of esters is 1. The second-order valence-corrected chi connectivity index (χ2v) is 3.60. The molecule has 0 saturated carbocycles. The lowest BCUT2D eigenvalue weighted by atomic mass is 10.1. The van der Waals surface area contributed by atoms with Crippen LogP contribution in [0.3, 0.4) is 0 Å². The molecule has 3 N–H and O–H groups in total. The first kappa shape index (κ1) is 13.7. The van der Waals surface area contributed by atoms with Crippen molar-refractivity contribution >= 4 is 23.3 Å². The summed E-state index contributed by atoms with van der Waals surface area (Å²) in [5.74, 6) is -2.06. The number of carbonyl (C=O) groups is 3. The van der Waals surface area contributed by atoms with Gasteiger partial charge in [-0.1, -0.05) is 12.1 Å². The number of benzene rings is 1. The fourth-order valence-electron chi connectivity index (χ4n) is 1.29. The zero-order valence-electron chi connectivity index (χ0n) is 9.93. The number of anilines is 1. The van der Waals surface area contributed by atoms with Crippen LogP contribution in [-0.4, -0.2) is 31.3 Å². The van der Waals surface area contributed by atoms with E-state index in [1.807, 2.05) is 0 Å². The van der Waals surface area contributed by atoms with E-state index in [0.717, 1.165) is 0 Å². The normalized spacial score (nSPS) is 9.61. The number of methoxy groups -OCH3 is 1. The Bertz CT molecular complexity index is 471. The van der Waals surface area contributed by atoms with E-state index in [0.29, 0.717) is 11.3 Å². The zero-order valence-corrected chi connectivity index (χ0v) is 9.93. The highest BCUT2D eigenvalue weighted by Gasteiger charge is 2.15. The molecule has 0 radical (unpaired) electrons. The van der Waals surface area contributed by atoms with E-state index < -0.39 is 17.7 Å². The number of amides is 1. The third-order valence-electron chi connectivity index (χ3n) is 2.19. The lowest BCUT2D eigenvalue weighted by Crippen LogP contribution is -2.36. The summed E-state index contributed by atoms with van der Waals surface area (Å²) >= 11 is 0. The van der Waals surface area contributed by atoms with Crippen LogP contribution >= 0.6 is 0 Å². The van der Waals surface area contributed by atoms with Crippen LogP contribution in [0.15, 0.2) is 24.3 Å². The van der Waals surface area contributed by atoms with Crippen molar-refractivity contribution in [1.82, 2.24) is 5.32 Å². The number of nitrogen functional groups attached to an aromatic ring is 1. The van der Waals surface area contributed by atoms with Gasteiger partial charge in [0.1, 0.15) is 6.54 Å². The summed E-state index contributed by atoms with van der Waals surface area (Å²) in [7, 11) is 1.20. The van der Waals surface area contributed by atoms with Gasteiger partial charge in [0, 0.05) is 12.1 Å². The van der Waals surface area contributed by atoms with Gasteiger partial charge in [0.15, 0.2) is 0 Å². The molecule has 1 aromatic rings. The molecule has 0 aliphatic heterocycles. The maximum Gasteiger partial charge on any atom is 0.325 e. The van der Waals surface area contributed by atoms with Crippen LogP contribution in [0.1, 0.15) is 5.56 Å². The second-order valence-electron chi connectivity index (χ2n) is 3.60. The molecule has 0 aliphatic carbocycles. The van der Waals surface area contributed by atoms with Crippen molar-refractivity contribution in [3.05, 3.63) is 29.8 Å². The first-order valence-corrected chi connectivity index (χ1v) is 5.25. The molecule has 1 rings (SSSR count). The minimum atomic E-state index is -0.817. The van der Waals surface area contributed by atoms with Crippen LogP contribution < -0.4 is 11.1 Å². The van der Waals surface area contributed by atoms with Gasteiger partial charge in [-0.25, -0.2) is 0 Å². The Morgan fingerprint density at radius 1 is 1.33 bits per heavy atom. The summed E-state index contributed by atoms with van der Waals surface area (Å²) in [5.41, 5.74) is 6.72. The molecule has 0 saturated heterocycles. The van der Waals surface area contributed by atoms with E-state index in [4.69, 9.17) is 5.73 Å². The highest BCUT2D eigenvalue weighted by Crippen LogP contribution is 2.07. The molecule has 1 aromatic carbocycles. The summed E-state index contributed by atoms with van der Waals surface area (Å²) in [5, 5.41) is 2.17. The molecule has 0 fully saturated rings. The Morgan fingerprint density at radius 3 is 2.67 bits per heavy atom. The molecule has 0 unspecified atom stereocenters. The Kier molecular flexibility index (Phi) is 4.86. The second kappa shape index (κ2) is 6.39. The van der Waals surface area contributed by atoms with E-state index >= 15 is 0 Å². The van der Waals surface area contributed by atoms with Crippen LogP contribution in [0.2, 0.25) is 0 Å². The van der Waals surface area contributed by atoms with Crippen molar-refractivity contribution in [2.45, 2.75) is 6.42 Å². The smallest absolute Gasteiger partial charge is 0.325 e. The molecule has 0 atom stereocenters. The molecular weight excluding hydrogens is 236 g/mol. The van der Waals surface area contributed by atoms with Gasteiger partial charge in [-0.15, -0.1) is 0 Å². The lowest BCUT2D eigenvalue weighted by molar-refractivity contribution is -0.143. The number of hydrogen-bond acceptors (Lipinski definition) is 5. The number of hydrogen-bond donors (Lipinski definition) is 2. The van der Waals surface area contributed by atoms with E-state index in [9.17, 15) is 14.4 Å². The van der Waals surface area contributed by atoms with Crippen LogP contribution in [0.4, 0.5) is 5.69 Å².